The molecule has 0 aliphatic carbocycles. The molecule has 3 aromatic rings. The zero-order chi connectivity index (χ0) is 20.6. The third-order valence-corrected chi connectivity index (χ3v) is 4.16. The van der Waals surface area contributed by atoms with Gasteiger partial charge in [0.2, 0.25) is 0 Å². The summed E-state index contributed by atoms with van der Waals surface area (Å²) in [5.74, 6) is 0.861. The molecule has 0 unspecified atom stereocenters. The van der Waals surface area contributed by atoms with Crippen LogP contribution in [-0.4, -0.2) is 23.5 Å². The first-order valence-electron chi connectivity index (χ1n) is 9.52. The molecule has 0 spiro atoms. The Morgan fingerprint density at radius 3 is 2.59 bits per heavy atom. The molecule has 1 heterocycles. The number of nitrogens with zero attached hydrogens (tertiary/aromatic N) is 1. The highest BCUT2D eigenvalue weighted by atomic mass is 19.1. The first kappa shape index (κ1) is 20.3. The second-order valence-corrected chi connectivity index (χ2v) is 6.84. The fourth-order valence-corrected chi connectivity index (χ4v) is 2.79. The summed E-state index contributed by atoms with van der Waals surface area (Å²) in [4.78, 5) is 16.7. The number of hydrogen-bond donors (Lipinski definition) is 2. The third-order valence-electron chi connectivity index (χ3n) is 4.16. The van der Waals surface area contributed by atoms with Crippen molar-refractivity contribution in [2.45, 2.75) is 26.4 Å². The van der Waals surface area contributed by atoms with Gasteiger partial charge in [0.05, 0.1) is 6.10 Å². The minimum Gasteiger partial charge on any atom is -0.491 e. The van der Waals surface area contributed by atoms with Gasteiger partial charge in [-0.3, -0.25) is 4.79 Å². The Hall–Kier alpha value is -3.41. The molecule has 0 radical (unpaired) electrons. The molecule has 29 heavy (non-hydrogen) atoms. The minimum absolute atomic E-state index is 0.115. The molecule has 6 heteroatoms. The number of halogens is 1. The summed E-state index contributed by atoms with van der Waals surface area (Å²) < 4.78 is 19.3. The van der Waals surface area contributed by atoms with Crippen molar-refractivity contribution in [3.63, 3.8) is 0 Å². The molecular weight excluding hydrogens is 369 g/mol. The van der Waals surface area contributed by atoms with Gasteiger partial charge in [0.1, 0.15) is 17.4 Å². The quantitative estimate of drug-likeness (QED) is 0.581. The number of benzene rings is 2. The van der Waals surface area contributed by atoms with Crippen LogP contribution in [0.2, 0.25) is 0 Å². The van der Waals surface area contributed by atoms with Gasteiger partial charge in [-0.2, -0.15) is 0 Å². The van der Waals surface area contributed by atoms with Crippen LogP contribution in [0.4, 0.5) is 15.9 Å². The van der Waals surface area contributed by atoms with Crippen molar-refractivity contribution in [2.75, 3.05) is 11.9 Å². The molecule has 0 aliphatic heterocycles. The van der Waals surface area contributed by atoms with Crippen LogP contribution in [0.25, 0.3) is 0 Å². The summed E-state index contributed by atoms with van der Waals surface area (Å²) in [5, 5.41) is 5.99. The lowest BCUT2D eigenvalue weighted by Crippen LogP contribution is -2.26. The number of aromatic nitrogens is 1. The zero-order valence-corrected chi connectivity index (χ0v) is 16.5. The monoisotopic (exact) mass is 393 g/mol. The maximum atomic E-state index is 13.6. The predicted octanol–water partition coefficient (Wildman–Crippen LogP) is 4.72. The van der Waals surface area contributed by atoms with Gasteiger partial charge in [-0.1, -0.05) is 18.2 Å². The second-order valence-electron chi connectivity index (χ2n) is 6.84. The number of carbonyl (C=O) groups is 1. The lowest BCUT2D eigenvalue weighted by molar-refractivity contribution is 0.0954. The van der Waals surface area contributed by atoms with Crippen LogP contribution in [0, 0.1) is 5.82 Å². The average Bonchev–Trinajstić information content (AvgIpc) is 2.71. The lowest BCUT2D eigenvalue weighted by atomic mass is 10.1. The number of nitrogens with one attached hydrogen (secondary N) is 2. The first-order valence-corrected chi connectivity index (χ1v) is 9.52. The number of amides is 1. The van der Waals surface area contributed by atoms with Crippen LogP contribution in [-0.2, 0) is 6.42 Å². The number of ether oxygens (including phenoxy) is 1. The Morgan fingerprint density at radius 2 is 1.86 bits per heavy atom. The van der Waals surface area contributed by atoms with E-state index in [4.69, 9.17) is 4.74 Å². The van der Waals surface area contributed by atoms with Gasteiger partial charge in [-0.05, 0) is 68.3 Å². The van der Waals surface area contributed by atoms with Gasteiger partial charge in [0, 0.05) is 24.0 Å². The van der Waals surface area contributed by atoms with Crippen LogP contribution in [0.1, 0.15) is 29.8 Å². The van der Waals surface area contributed by atoms with Crippen molar-refractivity contribution in [3.05, 3.63) is 83.8 Å². The van der Waals surface area contributed by atoms with Crippen molar-refractivity contribution in [3.8, 4) is 5.75 Å². The third kappa shape index (κ3) is 6.04. The number of anilines is 2. The van der Waals surface area contributed by atoms with Crippen molar-refractivity contribution in [2.24, 2.45) is 0 Å². The van der Waals surface area contributed by atoms with E-state index in [2.05, 4.69) is 15.6 Å². The molecule has 150 valence electrons. The van der Waals surface area contributed by atoms with E-state index >= 15 is 0 Å². The molecule has 0 atom stereocenters. The highest BCUT2D eigenvalue weighted by molar-refractivity contribution is 5.94. The van der Waals surface area contributed by atoms with Crippen LogP contribution in [0.3, 0.4) is 0 Å². The summed E-state index contributed by atoms with van der Waals surface area (Å²) in [6.45, 7) is 4.30. The topological polar surface area (TPSA) is 63.2 Å². The molecule has 1 amide bonds. The van der Waals surface area contributed by atoms with Crippen molar-refractivity contribution in [1.29, 1.82) is 0 Å². The van der Waals surface area contributed by atoms with E-state index in [0.29, 0.717) is 29.9 Å². The zero-order valence-electron chi connectivity index (χ0n) is 16.5. The van der Waals surface area contributed by atoms with E-state index in [-0.39, 0.29) is 17.8 Å². The molecule has 2 N–H and O–H groups in total. The number of carbonyl (C=O) groups excluding carboxylic acids is 1. The molecule has 0 fully saturated rings. The number of pyridine rings is 1. The smallest absolute Gasteiger partial charge is 0.251 e. The van der Waals surface area contributed by atoms with Gasteiger partial charge in [0.15, 0.2) is 0 Å². The fraction of sp³-hybridized carbons (Fsp3) is 0.217. The highest BCUT2D eigenvalue weighted by Crippen LogP contribution is 2.20. The molecule has 5 nitrogen and oxygen atoms in total. The summed E-state index contributed by atoms with van der Waals surface area (Å²) in [6, 6.07) is 17.4. The first-order chi connectivity index (χ1) is 14.0. The minimum atomic E-state index is -0.262. The SMILES string of the molecule is CC(C)Oc1ccc(Nc2cc(C(=O)NCCc3ccccc3F)ccn2)cc1. The molecule has 0 aliphatic rings. The summed E-state index contributed by atoms with van der Waals surface area (Å²) in [6.07, 6.45) is 2.12. The van der Waals surface area contributed by atoms with Crippen LogP contribution >= 0.6 is 0 Å². The van der Waals surface area contributed by atoms with E-state index < -0.39 is 0 Å². The van der Waals surface area contributed by atoms with E-state index in [9.17, 15) is 9.18 Å². The molecule has 3 rings (SSSR count). The predicted molar refractivity (Wildman–Crippen MR) is 112 cm³/mol. The Kier molecular flexibility index (Phi) is 6.79. The van der Waals surface area contributed by atoms with Gasteiger partial charge in [0.25, 0.3) is 5.91 Å². The summed E-state index contributed by atoms with van der Waals surface area (Å²) in [7, 11) is 0. The maximum absolute atomic E-state index is 13.6. The van der Waals surface area contributed by atoms with Gasteiger partial charge in [-0.25, -0.2) is 9.37 Å². The van der Waals surface area contributed by atoms with E-state index in [1.165, 1.54) is 6.07 Å². The van der Waals surface area contributed by atoms with E-state index in [1.54, 1.807) is 36.5 Å². The lowest BCUT2D eigenvalue weighted by Gasteiger charge is -2.11. The van der Waals surface area contributed by atoms with Crippen LogP contribution in [0.5, 0.6) is 5.75 Å². The van der Waals surface area contributed by atoms with Gasteiger partial charge >= 0.3 is 0 Å². The molecule has 0 saturated heterocycles. The second kappa shape index (κ2) is 9.68. The van der Waals surface area contributed by atoms with E-state index in [0.717, 1.165) is 11.4 Å². The Bertz CT molecular complexity index is 958. The van der Waals surface area contributed by atoms with E-state index in [1.807, 2.05) is 38.1 Å². The highest BCUT2D eigenvalue weighted by Gasteiger charge is 2.08. The Balaban J connectivity index is 1.57. The number of hydrogen-bond acceptors (Lipinski definition) is 4. The average molecular weight is 393 g/mol. The molecule has 0 bridgehead atoms. The maximum Gasteiger partial charge on any atom is 0.251 e. The Labute approximate surface area is 169 Å². The molecular formula is C23H24FN3O2. The summed E-state index contributed by atoms with van der Waals surface area (Å²) >= 11 is 0. The summed E-state index contributed by atoms with van der Waals surface area (Å²) in [5.41, 5.74) is 1.90. The molecule has 2 aromatic carbocycles. The van der Waals surface area contributed by atoms with Crippen molar-refractivity contribution in [1.82, 2.24) is 10.3 Å². The largest absolute Gasteiger partial charge is 0.491 e. The Morgan fingerprint density at radius 1 is 1.10 bits per heavy atom. The van der Waals surface area contributed by atoms with Crippen LogP contribution in [0.15, 0.2) is 66.9 Å². The molecule has 1 aromatic heterocycles. The fourth-order valence-electron chi connectivity index (χ4n) is 2.79. The van der Waals surface area contributed by atoms with Gasteiger partial charge < -0.3 is 15.4 Å². The van der Waals surface area contributed by atoms with Crippen LogP contribution < -0.4 is 15.4 Å². The molecule has 0 saturated carbocycles. The van der Waals surface area contributed by atoms with Gasteiger partial charge in [-0.15, -0.1) is 0 Å². The standard InChI is InChI=1S/C23H24FN3O2/c1-16(2)29-20-9-7-19(8-10-20)27-22-15-18(12-13-25-22)23(28)26-14-11-17-5-3-4-6-21(17)24/h3-10,12-13,15-16H,11,14H2,1-2H3,(H,25,27)(H,26,28). The van der Waals surface area contributed by atoms with Crippen molar-refractivity contribution < 1.29 is 13.9 Å². The number of rotatable bonds is 8. The normalized spacial score (nSPS) is 10.6. The van der Waals surface area contributed by atoms with Crippen molar-refractivity contribution >= 4 is 17.4 Å².